The summed E-state index contributed by atoms with van der Waals surface area (Å²) in [6, 6.07) is 3.56. The Morgan fingerprint density at radius 1 is 1.28 bits per heavy atom. The monoisotopic (exact) mass is 346 g/mol. The molecule has 0 spiro atoms. The number of ketones is 1. The molecule has 1 unspecified atom stereocenters. The van der Waals surface area contributed by atoms with Crippen molar-refractivity contribution in [3.8, 4) is 0 Å². The molecule has 1 atom stereocenters. The number of methoxy groups -OCH3 is 1. The molecule has 0 aliphatic rings. The molecule has 0 bridgehead atoms. The van der Waals surface area contributed by atoms with Gasteiger partial charge in [-0.2, -0.15) is 0 Å². The van der Waals surface area contributed by atoms with E-state index in [0.717, 1.165) is 23.3 Å². The van der Waals surface area contributed by atoms with Crippen molar-refractivity contribution < 1.29 is 18.3 Å². The van der Waals surface area contributed by atoms with Crippen LogP contribution in [0.25, 0.3) is 0 Å². The van der Waals surface area contributed by atoms with E-state index in [-0.39, 0.29) is 12.2 Å². The first kappa shape index (κ1) is 20.7. The molecule has 0 heterocycles. The third kappa shape index (κ3) is 6.59. The molecule has 1 aromatic carbocycles. The van der Waals surface area contributed by atoms with Gasteiger partial charge in [0.05, 0.1) is 6.61 Å². The predicted molar refractivity (Wildman–Crippen MR) is 97.5 cm³/mol. The van der Waals surface area contributed by atoms with Gasteiger partial charge in [-0.1, -0.05) is 55.5 Å². The fraction of sp³-hybridized carbons (Fsp3) is 0.286. The zero-order valence-corrected chi connectivity index (χ0v) is 14.9. The van der Waals surface area contributed by atoms with Crippen LogP contribution >= 0.6 is 0 Å². The van der Waals surface area contributed by atoms with Crippen LogP contribution in [-0.2, 0) is 9.53 Å². The van der Waals surface area contributed by atoms with Gasteiger partial charge in [0.2, 0.25) is 0 Å². The quantitative estimate of drug-likeness (QED) is 0.568. The van der Waals surface area contributed by atoms with Gasteiger partial charge in [0.25, 0.3) is 0 Å². The molecule has 25 heavy (non-hydrogen) atoms. The summed E-state index contributed by atoms with van der Waals surface area (Å²) >= 11 is 0. The van der Waals surface area contributed by atoms with Crippen molar-refractivity contribution in [1.29, 1.82) is 0 Å². The van der Waals surface area contributed by atoms with Gasteiger partial charge in [-0.3, -0.25) is 4.79 Å². The molecule has 0 amide bonds. The van der Waals surface area contributed by atoms with Crippen LogP contribution in [0.2, 0.25) is 0 Å². The highest BCUT2D eigenvalue weighted by Gasteiger charge is 2.17. The van der Waals surface area contributed by atoms with E-state index in [4.69, 9.17) is 4.74 Å². The number of ether oxygens (including phenoxy) is 1. The van der Waals surface area contributed by atoms with E-state index in [1.807, 2.05) is 25.2 Å². The van der Waals surface area contributed by atoms with Crippen molar-refractivity contribution in [2.75, 3.05) is 13.7 Å². The lowest BCUT2D eigenvalue weighted by molar-refractivity contribution is -0.119. The first-order chi connectivity index (χ1) is 11.9. The highest BCUT2D eigenvalue weighted by atomic mass is 19.2. The Morgan fingerprint density at radius 2 is 2.00 bits per heavy atom. The number of allylic oxidation sites excluding steroid dienone is 6. The zero-order valence-electron chi connectivity index (χ0n) is 14.9. The maximum atomic E-state index is 13.4. The standard InChI is InChI=1S/C21H24F2O2/c1-5-6-8-17(9-7-12-25-4)15(2)13-21(24)16(3)18-10-11-19(22)20(23)14-18/h5-11,14,16H,1,12-13H2,2-4H3/b8-6-,9-7-,17-15-. The predicted octanol–water partition coefficient (Wildman–Crippen LogP) is 5.29. The van der Waals surface area contributed by atoms with Gasteiger partial charge < -0.3 is 4.74 Å². The van der Waals surface area contributed by atoms with Crippen molar-refractivity contribution in [2.45, 2.75) is 26.2 Å². The van der Waals surface area contributed by atoms with E-state index in [0.29, 0.717) is 12.2 Å². The van der Waals surface area contributed by atoms with Gasteiger partial charge in [-0.05, 0) is 30.2 Å². The number of rotatable bonds is 9. The number of hydrogen-bond acceptors (Lipinski definition) is 2. The average molecular weight is 346 g/mol. The molecule has 1 rings (SSSR count). The van der Waals surface area contributed by atoms with E-state index in [9.17, 15) is 13.6 Å². The topological polar surface area (TPSA) is 26.3 Å². The third-order valence-corrected chi connectivity index (χ3v) is 3.83. The van der Waals surface area contributed by atoms with E-state index >= 15 is 0 Å². The molecular weight excluding hydrogens is 322 g/mol. The number of carbonyl (C=O) groups excluding carboxylic acids is 1. The second kappa shape index (κ2) is 10.5. The largest absolute Gasteiger partial charge is 0.381 e. The lowest BCUT2D eigenvalue weighted by Crippen LogP contribution is -2.10. The SMILES string of the molecule is C=C\C=C/C(/C=C\COC)=C(\C)CC(=O)C(C)c1ccc(F)c(F)c1. The van der Waals surface area contributed by atoms with Crippen LogP contribution in [-0.4, -0.2) is 19.5 Å². The Morgan fingerprint density at radius 3 is 2.60 bits per heavy atom. The highest BCUT2D eigenvalue weighted by Crippen LogP contribution is 2.23. The fourth-order valence-electron chi connectivity index (χ4n) is 2.27. The molecule has 2 nitrogen and oxygen atoms in total. The molecule has 4 heteroatoms. The van der Waals surface area contributed by atoms with Crippen LogP contribution in [0.4, 0.5) is 8.78 Å². The molecule has 0 saturated carbocycles. The molecule has 0 fully saturated rings. The highest BCUT2D eigenvalue weighted by molar-refractivity contribution is 5.87. The summed E-state index contributed by atoms with van der Waals surface area (Å²) in [5, 5.41) is 0. The van der Waals surface area contributed by atoms with Crippen LogP contribution in [0.3, 0.4) is 0 Å². The second-order valence-corrected chi connectivity index (χ2v) is 5.73. The van der Waals surface area contributed by atoms with Gasteiger partial charge in [-0.15, -0.1) is 0 Å². The molecular formula is C21H24F2O2. The minimum absolute atomic E-state index is 0.0619. The van der Waals surface area contributed by atoms with Crippen LogP contribution in [0.5, 0.6) is 0 Å². The van der Waals surface area contributed by atoms with Crippen molar-refractivity contribution in [3.63, 3.8) is 0 Å². The fourth-order valence-corrected chi connectivity index (χ4v) is 2.27. The average Bonchev–Trinajstić information content (AvgIpc) is 2.59. The van der Waals surface area contributed by atoms with Crippen LogP contribution < -0.4 is 0 Å². The molecule has 0 saturated heterocycles. The maximum Gasteiger partial charge on any atom is 0.159 e. The van der Waals surface area contributed by atoms with E-state index in [1.165, 1.54) is 6.07 Å². The number of benzene rings is 1. The van der Waals surface area contributed by atoms with Gasteiger partial charge in [-0.25, -0.2) is 8.78 Å². The third-order valence-electron chi connectivity index (χ3n) is 3.83. The van der Waals surface area contributed by atoms with Gasteiger partial charge in [0, 0.05) is 19.4 Å². The van der Waals surface area contributed by atoms with Crippen molar-refractivity contribution in [3.05, 3.63) is 83.5 Å². The Hall–Kier alpha value is -2.33. The zero-order chi connectivity index (χ0) is 18.8. The Labute approximate surface area is 148 Å². The summed E-state index contributed by atoms with van der Waals surface area (Å²) in [5.74, 6) is -2.44. The number of halogens is 2. The maximum absolute atomic E-state index is 13.4. The smallest absolute Gasteiger partial charge is 0.159 e. The number of carbonyl (C=O) groups is 1. The Kier molecular flexibility index (Phi) is 8.71. The second-order valence-electron chi connectivity index (χ2n) is 5.73. The van der Waals surface area contributed by atoms with Crippen LogP contribution in [0.15, 0.2) is 66.3 Å². The molecule has 0 aliphatic carbocycles. The number of Topliss-reactive ketones (excluding diaryl/α,β-unsaturated/α-hetero) is 1. The summed E-state index contributed by atoms with van der Waals surface area (Å²) in [5.41, 5.74) is 2.24. The van der Waals surface area contributed by atoms with Gasteiger partial charge >= 0.3 is 0 Å². The van der Waals surface area contributed by atoms with E-state index in [2.05, 4.69) is 6.58 Å². The summed E-state index contributed by atoms with van der Waals surface area (Å²) in [6.07, 6.45) is 9.27. The van der Waals surface area contributed by atoms with Crippen LogP contribution in [0.1, 0.15) is 31.7 Å². The molecule has 0 aromatic heterocycles. The first-order valence-electron chi connectivity index (χ1n) is 8.02. The summed E-state index contributed by atoms with van der Waals surface area (Å²) in [7, 11) is 1.60. The molecule has 134 valence electrons. The molecule has 1 aromatic rings. The summed E-state index contributed by atoms with van der Waals surface area (Å²) in [6.45, 7) is 7.68. The Balaban J connectivity index is 2.97. The summed E-state index contributed by atoms with van der Waals surface area (Å²) in [4.78, 5) is 12.5. The van der Waals surface area contributed by atoms with Crippen molar-refractivity contribution in [1.82, 2.24) is 0 Å². The minimum atomic E-state index is -0.943. The normalized spacial score (nSPS) is 14.0. The van der Waals surface area contributed by atoms with E-state index in [1.54, 1.807) is 26.2 Å². The van der Waals surface area contributed by atoms with Crippen molar-refractivity contribution in [2.24, 2.45) is 0 Å². The lowest BCUT2D eigenvalue weighted by Gasteiger charge is -2.12. The molecule has 0 radical (unpaired) electrons. The van der Waals surface area contributed by atoms with Gasteiger partial charge in [0.1, 0.15) is 5.78 Å². The first-order valence-corrected chi connectivity index (χ1v) is 8.02. The summed E-state index contributed by atoms with van der Waals surface area (Å²) < 4.78 is 31.4. The van der Waals surface area contributed by atoms with Gasteiger partial charge in [0.15, 0.2) is 11.6 Å². The van der Waals surface area contributed by atoms with E-state index < -0.39 is 17.6 Å². The van der Waals surface area contributed by atoms with Crippen LogP contribution in [0, 0.1) is 11.6 Å². The van der Waals surface area contributed by atoms with Crippen molar-refractivity contribution >= 4 is 5.78 Å². The molecule has 0 N–H and O–H groups in total. The number of hydrogen-bond donors (Lipinski definition) is 0. The lowest BCUT2D eigenvalue weighted by atomic mass is 9.91. The minimum Gasteiger partial charge on any atom is -0.381 e. The molecule has 0 aliphatic heterocycles. The Bertz CT molecular complexity index is 700.